The van der Waals surface area contributed by atoms with Crippen molar-refractivity contribution in [3.8, 4) is 11.1 Å². The molecule has 312 valence electrons. The Kier molecular flexibility index (Phi) is 10.5. The molecule has 64 heavy (non-hydrogen) atoms. The van der Waals surface area contributed by atoms with Crippen LogP contribution in [0, 0.1) is 0 Å². The van der Waals surface area contributed by atoms with Crippen LogP contribution in [0.25, 0.3) is 98.9 Å². The number of fused-ring (bicyclic) bond motifs is 12. The monoisotopic (exact) mass is 906 g/mol. The Hall–Kier alpha value is -7.64. The van der Waals surface area contributed by atoms with E-state index in [1.165, 1.54) is 13.8 Å². The van der Waals surface area contributed by atoms with Gasteiger partial charge in [-0.1, -0.05) is 131 Å². The minimum Gasteiger partial charge on any atom is -0.456 e. The molecule has 0 unspecified atom stereocenters. The maximum atomic E-state index is 11.7. The van der Waals surface area contributed by atoms with E-state index in [0.29, 0.717) is 33.6 Å². The van der Waals surface area contributed by atoms with Crippen molar-refractivity contribution in [3.63, 3.8) is 0 Å². The van der Waals surface area contributed by atoms with Gasteiger partial charge in [-0.15, -0.1) is 0 Å². The molecule has 0 saturated heterocycles. The molecule has 12 aromatic rings. The van der Waals surface area contributed by atoms with Gasteiger partial charge in [-0.25, -0.2) is 0 Å². The van der Waals surface area contributed by atoms with Crippen molar-refractivity contribution >= 4 is 139 Å². The van der Waals surface area contributed by atoms with Gasteiger partial charge in [-0.3, -0.25) is 9.59 Å². The molecule has 0 radical (unpaired) electrons. The third-order valence-corrected chi connectivity index (χ3v) is 11.7. The van der Waals surface area contributed by atoms with Gasteiger partial charge in [-0.2, -0.15) is 0 Å². The third kappa shape index (κ3) is 7.23. The van der Waals surface area contributed by atoms with Gasteiger partial charge in [-0.05, 0) is 48.0 Å². The lowest BCUT2D eigenvalue weighted by Gasteiger charge is -2.09. The zero-order valence-corrected chi connectivity index (χ0v) is 35.9. The summed E-state index contributed by atoms with van der Waals surface area (Å²) in [6.07, 6.45) is 0. The molecule has 8 aromatic carbocycles. The predicted molar refractivity (Wildman–Crippen MR) is 260 cm³/mol. The largest absolute Gasteiger partial charge is 0.492 e. The van der Waals surface area contributed by atoms with Gasteiger partial charge < -0.3 is 38.4 Å². The molecule has 4 N–H and O–H groups in total. The number of carbonyl (C=O) groups is 2. The van der Waals surface area contributed by atoms with E-state index < -0.39 is 7.12 Å². The first-order chi connectivity index (χ1) is 31.1. The van der Waals surface area contributed by atoms with E-state index in [1.807, 2.05) is 121 Å². The van der Waals surface area contributed by atoms with Crippen LogP contribution in [-0.2, 0) is 9.59 Å². The predicted octanol–water partition coefficient (Wildman–Crippen LogP) is 12.7. The molecule has 12 heteroatoms. The van der Waals surface area contributed by atoms with Crippen molar-refractivity contribution in [1.29, 1.82) is 0 Å². The van der Waals surface area contributed by atoms with Crippen LogP contribution < -0.4 is 16.1 Å². The van der Waals surface area contributed by atoms with Crippen LogP contribution in [0.1, 0.15) is 13.8 Å². The van der Waals surface area contributed by atoms with Crippen LogP contribution in [0.15, 0.2) is 180 Å². The van der Waals surface area contributed by atoms with Gasteiger partial charge in [0.05, 0.1) is 11.4 Å². The average Bonchev–Trinajstić information content (AvgIpc) is 4.08. The molecule has 0 saturated carbocycles. The Morgan fingerprint density at radius 3 is 1.42 bits per heavy atom. The highest BCUT2D eigenvalue weighted by molar-refractivity contribution is 9.10. The van der Waals surface area contributed by atoms with E-state index in [1.54, 1.807) is 12.1 Å². The lowest BCUT2D eigenvalue weighted by molar-refractivity contribution is -0.115. The van der Waals surface area contributed by atoms with Crippen molar-refractivity contribution in [3.05, 3.63) is 162 Å². The van der Waals surface area contributed by atoms with Crippen LogP contribution in [0.2, 0.25) is 0 Å². The van der Waals surface area contributed by atoms with Gasteiger partial charge >= 0.3 is 7.12 Å². The molecule has 0 atom stereocenters. The van der Waals surface area contributed by atoms with E-state index in [0.717, 1.165) is 86.6 Å². The molecule has 2 amide bonds. The molecular weight excluding hydrogens is 871 g/mol. The Labute approximate surface area is 372 Å². The van der Waals surface area contributed by atoms with Gasteiger partial charge in [0.1, 0.15) is 33.5 Å². The van der Waals surface area contributed by atoms with E-state index in [-0.39, 0.29) is 11.8 Å². The second kappa shape index (κ2) is 16.6. The number of anilines is 2. The van der Waals surface area contributed by atoms with Crippen molar-refractivity contribution in [2.24, 2.45) is 0 Å². The molecular formula is C52H36BBrN2O8. The summed E-state index contributed by atoms with van der Waals surface area (Å²) in [5, 5.41) is 32.2. The first-order valence-electron chi connectivity index (χ1n) is 20.4. The van der Waals surface area contributed by atoms with E-state index in [2.05, 4.69) is 50.8 Å². The Balaban J connectivity index is 0.000000122. The molecule has 0 bridgehead atoms. The van der Waals surface area contributed by atoms with Gasteiger partial charge in [0, 0.05) is 72.4 Å². The number of benzene rings is 8. The second-order valence-corrected chi connectivity index (χ2v) is 16.1. The second-order valence-electron chi connectivity index (χ2n) is 15.2. The maximum absolute atomic E-state index is 11.7. The maximum Gasteiger partial charge on any atom is 0.492 e. The topological polar surface area (TPSA) is 151 Å². The van der Waals surface area contributed by atoms with Crippen molar-refractivity contribution in [2.75, 3.05) is 10.6 Å². The summed E-state index contributed by atoms with van der Waals surface area (Å²) in [4.78, 5) is 22.9. The SMILES string of the molecule is CC(=O)Nc1ccc(-c2cccc3c2oc2ccccc23)c2c1oc1ccccc12.CC(=O)Nc1ccc(Br)c2c1oc1ccccc12.OB(O)c1cccc2c1oc1ccccc12. The minimum atomic E-state index is -1.51. The molecule has 0 spiro atoms. The third-order valence-electron chi connectivity index (χ3n) is 11.0. The number of carbonyl (C=O) groups excluding carboxylic acids is 2. The van der Waals surface area contributed by atoms with Gasteiger partial charge in [0.15, 0.2) is 11.2 Å². The summed E-state index contributed by atoms with van der Waals surface area (Å²) in [6.45, 7) is 2.98. The summed E-state index contributed by atoms with van der Waals surface area (Å²) in [5.74, 6) is -0.247. The molecule has 12 rings (SSSR count). The number of halogens is 1. The fraction of sp³-hybridized carbons (Fsp3) is 0.0385. The van der Waals surface area contributed by atoms with Crippen LogP contribution in [0.3, 0.4) is 0 Å². The van der Waals surface area contributed by atoms with E-state index in [4.69, 9.17) is 17.7 Å². The molecule has 0 fully saturated rings. The molecule has 0 aliphatic rings. The number of nitrogens with one attached hydrogen (secondary N) is 2. The first kappa shape index (κ1) is 40.4. The Morgan fingerprint density at radius 1 is 0.438 bits per heavy atom. The number of hydrogen-bond acceptors (Lipinski definition) is 8. The molecule has 10 nitrogen and oxygen atoms in total. The average molecular weight is 908 g/mol. The standard InChI is InChI=1S/C26H17NO3.C14H10BrNO2.C12H9BO3/c1-15(28)27-21-14-13-17(24-20-8-3-5-12-23(20)30-26(21)24)19-10-6-9-18-16-7-2-4-11-22(16)29-25(18)19;1-8(17)16-11-7-6-10(15)13-9-4-2-3-5-12(9)18-14(11)13;14-13(15)10-6-3-5-9-8-4-1-2-7-11(8)16-12(9)10/h2-14H,1H3,(H,27,28);2-7H,1H3,(H,16,17);1-7,14-15H. The normalized spacial score (nSPS) is 11.3. The van der Waals surface area contributed by atoms with Crippen LogP contribution in [-0.4, -0.2) is 29.0 Å². The lowest BCUT2D eigenvalue weighted by atomic mass is 9.79. The van der Waals surface area contributed by atoms with E-state index in [9.17, 15) is 19.6 Å². The Bertz CT molecular complexity index is 3770. The van der Waals surface area contributed by atoms with E-state index >= 15 is 0 Å². The highest BCUT2D eigenvalue weighted by Crippen LogP contribution is 2.44. The van der Waals surface area contributed by atoms with Gasteiger partial charge in [0.25, 0.3) is 0 Å². The highest BCUT2D eigenvalue weighted by atomic mass is 79.9. The van der Waals surface area contributed by atoms with Crippen molar-refractivity contribution < 1.29 is 37.3 Å². The molecule has 0 aliphatic heterocycles. The number of para-hydroxylation sites is 6. The summed E-state index contributed by atoms with van der Waals surface area (Å²) in [5.41, 5.74) is 9.71. The molecule has 4 heterocycles. The summed E-state index contributed by atoms with van der Waals surface area (Å²) in [7, 11) is -1.51. The van der Waals surface area contributed by atoms with Crippen LogP contribution in [0.5, 0.6) is 0 Å². The fourth-order valence-electron chi connectivity index (χ4n) is 8.35. The summed E-state index contributed by atoms with van der Waals surface area (Å²) in [6, 6.07) is 50.7. The number of hydrogen-bond donors (Lipinski definition) is 4. The highest BCUT2D eigenvalue weighted by Gasteiger charge is 2.21. The van der Waals surface area contributed by atoms with Crippen molar-refractivity contribution in [1.82, 2.24) is 0 Å². The number of amides is 2. The van der Waals surface area contributed by atoms with Crippen LogP contribution in [0.4, 0.5) is 11.4 Å². The van der Waals surface area contributed by atoms with Crippen LogP contribution >= 0.6 is 15.9 Å². The molecule has 4 aromatic heterocycles. The fourth-order valence-corrected chi connectivity index (χ4v) is 8.87. The number of rotatable bonds is 4. The number of furan rings is 4. The molecule has 0 aliphatic carbocycles. The smallest absolute Gasteiger partial charge is 0.456 e. The summed E-state index contributed by atoms with van der Waals surface area (Å²) < 4.78 is 24.8. The zero-order valence-electron chi connectivity index (χ0n) is 34.3. The minimum absolute atomic E-state index is 0.112. The Morgan fingerprint density at radius 2 is 0.859 bits per heavy atom. The summed E-state index contributed by atoms with van der Waals surface area (Å²) >= 11 is 3.52. The lowest BCUT2D eigenvalue weighted by Crippen LogP contribution is -2.29. The zero-order chi connectivity index (χ0) is 44.1. The van der Waals surface area contributed by atoms with Gasteiger partial charge in [0.2, 0.25) is 11.8 Å². The van der Waals surface area contributed by atoms with Crippen molar-refractivity contribution in [2.45, 2.75) is 13.8 Å². The quantitative estimate of drug-likeness (QED) is 0.127. The first-order valence-corrected chi connectivity index (χ1v) is 21.2.